The maximum Gasteiger partial charge on any atom is 0.129 e. The average Bonchev–Trinajstić information content (AvgIpc) is 2.30. The second-order valence-electron chi connectivity index (χ2n) is 3.71. The van der Waals surface area contributed by atoms with Crippen LogP contribution in [-0.4, -0.2) is 0 Å². The Morgan fingerprint density at radius 2 is 1.72 bits per heavy atom. The van der Waals surface area contributed by atoms with Gasteiger partial charge in [-0.2, -0.15) is 0 Å². The van der Waals surface area contributed by atoms with Crippen molar-refractivity contribution in [2.75, 3.05) is 5.32 Å². The van der Waals surface area contributed by atoms with Gasteiger partial charge in [0, 0.05) is 32.3 Å². The molecule has 2 aromatic rings. The summed E-state index contributed by atoms with van der Waals surface area (Å²) in [4.78, 5) is 0. The lowest BCUT2D eigenvalue weighted by Gasteiger charge is -2.09. The van der Waals surface area contributed by atoms with Crippen LogP contribution in [0.2, 0.25) is 10.0 Å². The van der Waals surface area contributed by atoms with Gasteiger partial charge >= 0.3 is 0 Å². The molecule has 0 aliphatic heterocycles. The van der Waals surface area contributed by atoms with Crippen LogP contribution in [0.15, 0.2) is 40.9 Å². The molecule has 2 aromatic carbocycles. The van der Waals surface area contributed by atoms with Crippen LogP contribution in [0.1, 0.15) is 5.56 Å². The van der Waals surface area contributed by atoms with Crippen molar-refractivity contribution in [3.05, 3.63) is 62.3 Å². The lowest BCUT2D eigenvalue weighted by molar-refractivity contribution is 0.613. The van der Waals surface area contributed by atoms with E-state index in [0.717, 1.165) is 10.2 Å². The number of nitrogens with one attached hydrogen (secondary N) is 1. The van der Waals surface area contributed by atoms with Crippen molar-refractivity contribution in [1.82, 2.24) is 0 Å². The Hall–Kier alpha value is -0.770. The van der Waals surface area contributed by atoms with E-state index < -0.39 is 0 Å². The fraction of sp³-hybridized carbons (Fsp3) is 0.0769. The standard InChI is InChI=1S/C13H9BrCl2FN/c14-11-5-9(15)3-4-13(11)18-7-8-1-2-10(16)6-12(8)17/h1-6,18H,7H2. The first-order chi connectivity index (χ1) is 8.56. The zero-order chi connectivity index (χ0) is 13.1. The molecular formula is C13H9BrCl2FN. The SMILES string of the molecule is Fc1cc(Cl)ccc1CNc1ccc(Cl)cc1Br. The molecule has 0 saturated heterocycles. The van der Waals surface area contributed by atoms with Crippen molar-refractivity contribution < 1.29 is 4.39 Å². The van der Waals surface area contributed by atoms with Gasteiger partial charge in [-0.1, -0.05) is 29.3 Å². The summed E-state index contributed by atoms with van der Waals surface area (Å²) >= 11 is 14.9. The highest BCUT2D eigenvalue weighted by atomic mass is 79.9. The van der Waals surface area contributed by atoms with Gasteiger partial charge in [-0.25, -0.2) is 4.39 Å². The quantitative estimate of drug-likeness (QED) is 0.771. The third-order valence-electron chi connectivity index (χ3n) is 2.42. The van der Waals surface area contributed by atoms with Gasteiger partial charge in [-0.15, -0.1) is 0 Å². The summed E-state index contributed by atoms with van der Waals surface area (Å²) in [6.45, 7) is 0.378. The van der Waals surface area contributed by atoms with Crippen molar-refractivity contribution >= 4 is 44.8 Å². The minimum absolute atomic E-state index is 0.319. The highest BCUT2D eigenvalue weighted by Gasteiger charge is 2.04. The van der Waals surface area contributed by atoms with E-state index in [-0.39, 0.29) is 5.82 Å². The van der Waals surface area contributed by atoms with E-state index in [9.17, 15) is 4.39 Å². The van der Waals surface area contributed by atoms with Gasteiger partial charge in [0.15, 0.2) is 0 Å². The minimum atomic E-state index is -0.319. The number of hydrogen-bond acceptors (Lipinski definition) is 1. The van der Waals surface area contributed by atoms with Crippen LogP contribution in [-0.2, 0) is 6.54 Å². The van der Waals surface area contributed by atoms with Crippen LogP contribution in [0, 0.1) is 5.82 Å². The van der Waals surface area contributed by atoms with E-state index in [4.69, 9.17) is 23.2 Å². The molecule has 18 heavy (non-hydrogen) atoms. The molecule has 2 rings (SSSR count). The summed E-state index contributed by atoms with van der Waals surface area (Å²) in [6, 6.07) is 10.0. The first-order valence-corrected chi connectivity index (χ1v) is 6.74. The van der Waals surface area contributed by atoms with Gasteiger partial charge in [-0.3, -0.25) is 0 Å². The molecule has 1 nitrogen and oxygen atoms in total. The van der Waals surface area contributed by atoms with E-state index in [0.29, 0.717) is 22.2 Å². The molecule has 0 fully saturated rings. The van der Waals surface area contributed by atoms with E-state index in [1.807, 2.05) is 6.07 Å². The van der Waals surface area contributed by atoms with Crippen molar-refractivity contribution in [1.29, 1.82) is 0 Å². The lowest BCUT2D eigenvalue weighted by atomic mass is 10.2. The number of hydrogen-bond donors (Lipinski definition) is 1. The molecule has 0 aliphatic carbocycles. The third-order valence-corrected chi connectivity index (χ3v) is 3.54. The monoisotopic (exact) mass is 347 g/mol. The molecule has 0 atom stereocenters. The molecule has 0 aromatic heterocycles. The maximum absolute atomic E-state index is 13.6. The average molecular weight is 349 g/mol. The summed E-state index contributed by atoms with van der Waals surface area (Å²) < 4.78 is 14.4. The molecule has 5 heteroatoms. The number of rotatable bonds is 3. The van der Waals surface area contributed by atoms with E-state index in [2.05, 4.69) is 21.2 Å². The molecule has 0 bridgehead atoms. The Morgan fingerprint density at radius 3 is 2.39 bits per heavy atom. The zero-order valence-electron chi connectivity index (χ0n) is 9.18. The summed E-state index contributed by atoms with van der Waals surface area (Å²) in [5.41, 5.74) is 1.41. The van der Waals surface area contributed by atoms with Crippen LogP contribution in [0.25, 0.3) is 0 Å². The minimum Gasteiger partial charge on any atom is -0.380 e. The van der Waals surface area contributed by atoms with Gasteiger partial charge < -0.3 is 5.32 Å². The van der Waals surface area contributed by atoms with E-state index in [1.165, 1.54) is 6.07 Å². The smallest absolute Gasteiger partial charge is 0.129 e. The predicted octanol–water partition coefficient (Wildman–Crippen LogP) is 5.51. The highest BCUT2D eigenvalue weighted by molar-refractivity contribution is 9.10. The molecule has 0 amide bonds. The molecule has 0 radical (unpaired) electrons. The normalized spacial score (nSPS) is 10.4. The molecule has 94 valence electrons. The van der Waals surface area contributed by atoms with E-state index >= 15 is 0 Å². The maximum atomic E-state index is 13.6. The molecule has 0 aliphatic rings. The Morgan fingerprint density at radius 1 is 1.06 bits per heavy atom. The molecule has 0 saturated carbocycles. The van der Waals surface area contributed by atoms with Crippen LogP contribution in [0.5, 0.6) is 0 Å². The molecule has 1 N–H and O–H groups in total. The number of anilines is 1. The summed E-state index contributed by atoms with van der Waals surface area (Å²) in [5.74, 6) is -0.319. The topological polar surface area (TPSA) is 12.0 Å². The lowest BCUT2D eigenvalue weighted by Crippen LogP contribution is -2.02. The molecule has 0 heterocycles. The van der Waals surface area contributed by atoms with Crippen LogP contribution < -0.4 is 5.32 Å². The Bertz CT molecular complexity index is 523. The van der Waals surface area contributed by atoms with Gasteiger partial charge in [0.05, 0.1) is 0 Å². The van der Waals surface area contributed by atoms with Crippen molar-refractivity contribution in [2.24, 2.45) is 0 Å². The largest absolute Gasteiger partial charge is 0.380 e. The Kier molecular flexibility index (Phi) is 4.49. The van der Waals surface area contributed by atoms with Crippen molar-refractivity contribution in [2.45, 2.75) is 6.54 Å². The highest BCUT2D eigenvalue weighted by Crippen LogP contribution is 2.26. The van der Waals surface area contributed by atoms with Gasteiger partial charge in [0.1, 0.15) is 5.82 Å². The van der Waals surface area contributed by atoms with Crippen LogP contribution in [0.3, 0.4) is 0 Å². The summed E-state index contributed by atoms with van der Waals surface area (Å²) in [5, 5.41) is 4.16. The Labute approximate surface area is 123 Å². The zero-order valence-corrected chi connectivity index (χ0v) is 12.3. The summed E-state index contributed by atoms with van der Waals surface area (Å²) in [6.07, 6.45) is 0. The number of halogens is 4. The summed E-state index contributed by atoms with van der Waals surface area (Å²) in [7, 11) is 0. The second-order valence-corrected chi connectivity index (χ2v) is 5.44. The van der Waals surface area contributed by atoms with Crippen molar-refractivity contribution in [3.8, 4) is 0 Å². The van der Waals surface area contributed by atoms with Gasteiger partial charge in [-0.05, 0) is 46.3 Å². The van der Waals surface area contributed by atoms with E-state index in [1.54, 1.807) is 24.3 Å². The first-order valence-electron chi connectivity index (χ1n) is 5.19. The first kappa shape index (κ1) is 13.7. The fourth-order valence-corrected chi connectivity index (χ4v) is 2.47. The Balaban J connectivity index is 2.11. The van der Waals surface area contributed by atoms with Crippen LogP contribution >= 0.6 is 39.1 Å². The second kappa shape index (κ2) is 5.91. The molecule has 0 spiro atoms. The van der Waals surface area contributed by atoms with Gasteiger partial charge in [0.2, 0.25) is 0 Å². The fourth-order valence-electron chi connectivity index (χ4n) is 1.49. The number of benzene rings is 2. The third kappa shape index (κ3) is 3.37. The van der Waals surface area contributed by atoms with Crippen molar-refractivity contribution in [3.63, 3.8) is 0 Å². The molecule has 0 unspecified atom stereocenters. The van der Waals surface area contributed by atoms with Crippen LogP contribution in [0.4, 0.5) is 10.1 Å². The predicted molar refractivity (Wildman–Crippen MR) is 77.9 cm³/mol. The van der Waals surface area contributed by atoms with Gasteiger partial charge in [0.25, 0.3) is 0 Å². The molecular weight excluding hydrogens is 340 g/mol.